The number of thiazole rings is 1. The predicted molar refractivity (Wildman–Crippen MR) is 95.4 cm³/mol. The maximum atomic E-state index is 12.3. The van der Waals surface area contributed by atoms with Gasteiger partial charge in [0.15, 0.2) is 0 Å². The van der Waals surface area contributed by atoms with Crippen LogP contribution in [0.15, 0.2) is 30.2 Å². The zero-order valence-corrected chi connectivity index (χ0v) is 14.9. The van der Waals surface area contributed by atoms with Crippen molar-refractivity contribution in [2.75, 3.05) is 19.0 Å². The molecule has 0 saturated heterocycles. The highest BCUT2D eigenvalue weighted by Crippen LogP contribution is 2.20. The van der Waals surface area contributed by atoms with E-state index in [0.29, 0.717) is 29.4 Å². The molecule has 0 aliphatic heterocycles. The summed E-state index contributed by atoms with van der Waals surface area (Å²) in [6.07, 6.45) is 6.44. The monoisotopic (exact) mass is 355 g/mol. The number of carbonyl (C=O) groups excluding carboxylic acids is 1. The summed E-state index contributed by atoms with van der Waals surface area (Å²) < 4.78 is 0. The molecule has 0 bridgehead atoms. The van der Waals surface area contributed by atoms with Crippen LogP contribution in [0.25, 0.3) is 10.7 Å². The lowest BCUT2D eigenvalue weighted by Crippen LogP contribution is -2.25. The molecule has 0 unspecified atom stereocenters. The number of aryl methyl sites for hydroxylation is 1. The van der Waals surface area contributed by atoms with E-state index in [1.807, 2.05) is 19.5 Å². The fraction of sp³-hybridized carbons (Fsp3) is 0.250. The largest absolute Gasteiger partial charge is 0.347 e. The summed E-state index contributed by atoms with van der Waals surface area (Å²) in [5.74, 6) is 0.346. The van der Waals surface area contributed by atoms with Crippen LogP contribution in [-0.4, -0.2) is 44.9 Å². The van der Waals surface area contributed by atoms with E-state index in [9.17, 15) is 4.79 Å². The predicted octanol–water partition coefficient (Wildman–Crippen LogP) is 1.69. The van der Waals surface area contributed by atoms with Crippen LogP contribution in [0.2, 0.25) is 0 Å². The molecular formula is C16H17N7OS. The van der Waals surface area contributed by atoms with E-state index in [1.54, 1.807) is 36.6 Å². The third kappa shape index (κ3) is 3.94. The van der Waals surface area contributed by atoms with Crippen LogP contribution in [0, 0.1) is 6.92 Å². The highest BCUT2D eigenvalue weighted by atomic mass is 32.1. The van der Waals surface area contributed by atoms with Crippen LogP contribution >= 0.6 is 11.3 Å². The third-order valence-corrected chi connectivity index (χ3v) is 4.29. The Labute approximate surface area is 149 Å². The van der Waals surface area contributed by atoms with Gasteiger partial charge in [0.05, 0.1) is 29.7 Å². The fourth-order valence-corrected chi connectivity index (χ4v) is 2.85. The molecule has 3 rings (SSSR count). The van der Waals surface area contributed by atoms with Crippen molar-refractivity contribution >= 4 is 23.2 Å². The minimum atomic E-state index is -0.225. The van der Waals surface area contributed by atoms with Gasteiger partial charge in [-0.3, -0.25) is 14.8 Å². The Balaban J connectivity index is 1.66. The molecule has 3 aromatic heterocycles. The van der Waals surface area contributed by atoms with Gasteiger partial charge in [0.25, 0.3) is 5.91 Å². The number of carbonyl (C=O) groups is 1. The summed E-state index contributed by atoms with van der Waals surface area (Å²) in [7, 11) is 3.71. The Morgan fingerprint density at radius 1 is 1.20 bits per heavy atom. The maximum Gasteiger partial charge on any atom is 0.255 e. The van der Waals surface area contributed by atoms with E-state index >= 15 is 0 Å². The molecule has 8 nitrogen and oxygen atoms in total. The number of anilines is 1. The van der Waals surface area contributed by atoms with Crippen molar-refractivity contribution in [3.63, 3.8) is 0 Å². The fourth-order valence-electron chi connectivity index (χ4n) is 2.07. The zero-order valence-electron chi connectivity index (χ0n) is 14.1. The van der Waals surface area contributed by atoms with Gasteiger partial charge in [-0.25, -0.2) is 15.0 Å². The van der Waals surface area contributed by atoms with Crippen molar-refractivity contribution in [1.29, 1.82) is 0 Å². The summed E-state index contributed by atoms with van der Waals surface area (Å²) in [4.78, 5) is 35.4. The minimum Gasteiger partial charge on any atom is -0.347 e. The minimum absolute atomic E-state index is 0.225. The smallest absolute Gasteiger partial charge is 0.255 e. The molecule has 0 aliphatic carbocycles. The molecule has 0 fully saturated rings. The summed E-state index contributed by atoms with van der Waals surface area (Å²) in [5, 5.41) is 5.51. The first kappa shape index (κ1) is 16.9. The maximum absolute atomic E-state index is 12.3. The van der Waals surface area contributed by atoms with E-state index in [4.69, 9.17) is 0 Å². The first-order valence-corrected chi connectivity index (χ1v) is 8.42. The van der Waals surface area contributed by atoms with Crippen molar-refractivity contribution in [3.8, 4) is 10.7 Å². The SMILES string of the molecule is Cc1nc(N(C)C)ncc1C(=O)NCc1csc(-c2cnccn2)n1. The molecule has 1 N–H and O–H groups in total. The quantitative estimate of drug-likeness (QED) is 0.744. The zero-order chi connectivity index (χ0) is 17.8. The Morgan fingerprint density at radius 3 is 2.72 bits per heavy atom. The van der Waals surface area contributed by atoms with Gasteiger partial charge in [-0.1, -0.05) is 0 Å². The van der Waals surface area contributed by atoms with E-state index in [2.05, 4.69) is 30.2 Å². The summed E-state index contributed by atoms with van der Waals surface area (Å²) >= 11 is 1.46. The lowest BCUT2D eigenvalue weighted by molar-refractivity contribution is 0.0949. The van der Waals surface area contributed by atoms with Crippen LogP contribution in [-0.2, 0) is 6.54 Å². The molecule has 0 saturated carbocycles. The summed E-state index contributed by atoms with van der Waals surface area (Å²) in [6, 6.07) is 0. The van der Waals surface area contributed by atoms with E-state index in [-0.39, 0.29) is 5.91 Å². The Hall–Kier alpha value is -2.94. The van der Waals surface area contributed by atoms with Gasteiger partial charge >= 0.3 is 0 Å². The first-order valence-electron chi connectivity index (χ1n) is 7.54. The van der Waals surface area contributed by atoms with E-state index < -0.39 is 0 Å². The average Bonchev–Trinajstić information content (AvgIpc) is 3.09. The van der Waals surface area contributed by atoms with Crippen LogP contribution in [0.1, 0.15) is 21.7 Å². The average molecular weight is 355 g/mol. The number of hydrogen-bond acceptors (Lipinski definition) is 8. The number of aromatic nitrogens is 5. The molecule has 128 valence electrons. The van der Waals surface area contributed by atoms with Gasteiger partial charge in [0, 0.05) is 38.1 Å². The first-order chi connectivity index (χ1) is 12.0. The van der Waals surface area contributed by atoms with Gasteiger partial charge < -0.3 is 10.2 Å². The van der Waals surface area contributed by atoms with Gasteiger partial charge in [-0.2, -0.15) is 0 Å². The highest BCUT2D eigenvalue weighted by molar-refractivity contribution is 7.13. The van der Waals surface area contributed by atoms with Crippen LogP contribution in [0.4, 0.5) is 5.95 Å². The van der Waals surface area contributed by atoms with Gasteiger partial charge in [0.1, 0.15) is 10.7 Å². The lowest BCUT2D eigenvalue weighted by Gasteiger charge is -2.12. The van der Waals surface area contributed by atoms with E-state index in [1.165, 1.54) is 11.3 Å². The third-order valence-electron chi connectivity index (χ3n) is 3.38. The second-order valence-electron chi connectivity index (χ2n) is 5.48. The molecule has 0 aliphatic rings. The normalized spacial score (nSPS) is 10.5. The molecule has 0 spiro atoms. The summed E-state index contributed by atoms with van der Waals surface area (Å²) in [6.45, 7) is 2.11. The van der Waals surface area contributed by atoms with Crippen molar-refractivity contribution < 1.29 is 4.79 Å². The number of nitrogens with zero attached hydrogens (tertiary/aromatic N) is 6. The molecule has 25 heavy (non-hydrogen) atoms. The number of nitrogens with one attached hydrogen (secondary N) is 1. The Bertz CT molecular complexity index is 879. The molecule has 3 heterocycles. The molecule has 0 atom stereocenters. The van der Waals surface area contributed by atoms with Crippen LogP contribution < -0.4 is 10.2 Å². The molecule has 3 aromatic rings. The van der Waals surface area contributed by atoms with Crippen molar-refractivity contribution in [2.45, 2.75) is 13.5 Å². The van der Waals surface area contributed by atoms with Gasteiger partial charge in [-0.15, -0.1) is 11.3 Å². The second kappa shape index (κ2) is 7.31. The number of hydrogen-bond donors (Lipinski definition) is 1. The van der Waals surface area contributed by atoms with Crippen molar-refractivity contribution in [2.24, 2.45) is 0 Å². The number of rotatable bonds is 5. The van der Waals surface area contributed by atoms with Gasteiger partial charge in [0.2, 0.25) is 5.95 Å². The molecular weight excluding hydrogens is 338 g/mol. The standard InChI is InChI=1S/C16H17N7OS/c1-10-12(7-20-16(21-10)23(2)3)14(24)19-6-11-9-25-15(22-11)13-8-17-4-5-18-13/h4-5,7-9H,6H2,1-3H3,(H,19,24). The molecule has 0 aromatic carbocycles. The number of amides is 1. The van der Waals surface area contributed by atoms with E-state index in [0.717, 1.165) is 10.7 Å². The van der Waals surface area contributed by atoms with Gasteiger partial charge in [-0.05, 0) is 6.92 Å². The highest BCUT2D eigenvalue weighted by Gasteiger charge is 2.13. The Kier molecular flexibility index (Phi) is 4.94. The van der Waals surface area contributed by atoms with Crippen LogP contribution in [0.3, 0.4) is 0 Å². The summed E-state index contributed by atoms with van der Waals surface area (Å²) in [5.41, 5.74) is 2.57. The second-order valence-corrected chi connectivity index (χ2v) is 6.34. The molecule has 1 amide bonds. The van der Waals surface area contributed by atoms with Crippen LogP contribution in [0.5, 0.6) is 0 Å². The molecule has 0 radical (unpaired) electrons. The van der Waals surface area contributed by atoms with Crippen molar-refractivity contribution in [3.05, 3.63) is 47.1 Å². The lowest BCUT2D eigenvalue weighted by atomic mass is 10.2. The van der Waals surface area contributed by atoms with Crippen molar-refractivity contribution in [1.82, 2.24) is 30.2 Å². The Morgan fingerprint density at radius 2 is 2.04 bits per heavy atom. The molecule has 9 heteroatoms. The topological polar surface area (TPSA) is 96.8 Å².